The number of hydrogen-bond acceptors (Lipinski definition) is 5. The molecule has 1 aromatic heterocycles. The van der Waals surface area contributed by atoms with E-state index in [1.54, 1.807) is 31.4 Å². The van der Waals surface area contributed by atoms with Crippen LogP contribution in [0.25, 0.3) is 11.0 Å². The summed E-state index contributed by atoms with van der Waals surface area (Å²) in [5, 5.41) is 0.715. The molecule has 0 atom stereocenters. The minimum atomic E-state index is -0.491. The van der Waals surface area contributed by atoms with E-state index in [4.69, 9.17) is 13.9 Å². The zero-order valence-corrected chi connectivity index (χ0v) is 14.4. The van der Waals surface area contributed by atoms with Gasteiger partial charge in [0.2, 0.25) is 0 Å². The van der Waals surface area contributed by atoms with E-state index in [1.807, 2.05) is 12.1 Å². The summed E-state index contributed by atoms with van der Waals surface area (Å²) in [5.74, 6) is 0.197. The van der Waals surface area contributed by atoms with Gasteiger partial charge in [0.15, 0.2) is 0 Å². The van der Waals surface area contributed by atoms with Crippen LogP contribution in [0.15, 0.2) is 51.7 Å². The van der Waals surface area contributed by atoms with Crippen LogP contribution in [0.2, 0.25) is 0 Å². The molecule has 0 saturated heterocycles. The summed E-state index contributed by atoms with van der Waals surface area (Å²) < 4.78 is 15.8. The SMILES string of the molecule is COc1ccc2c(COC(=O)c3ccc4c(c3)CCC4)cc(=O)oc2c1. The van der Waals surface area contributed by atoms with E-state index in [2.05, 4.69) is 0 Å². The van der Waals surface area contributed by atoms with Crippen LogP contribution in [0.5, 0.6) is 5.75 Å². The Kier molecular flexibility index (Phi) is 4.21. The highest BCUT2D eigenvalue weighted by Gasteiger charge is 2.15. The molecule has 1 aliphatic carbocycles. The summed E-state index contributed by atoms with van der Waals surface area (Å²) in [6, 6.07) is 12.3. The van der Waals surface area contributed by atoms with Crippen LogP contribution < -0.4 is 10.4 Å². The Morgan fingerprint density at radius 1 is 1.08 bits per heavy atom. The number of hydrogen-bond donors (Lipinski definition) is 0. The van der Waals surface area contributed by atoms with E-state index in [1.165, 1.54) is 17.2 Å². The third-order valence-corrected chi connectivity index (χ3v) is 4.73. The zero-order valence-electron chi connectivity index (χ0n) is 14.4. The lowest BCUT2D eigenvalue weighted by molar-refractivity contribution is 0.0473. The van der Waals surface area contributed by atoms with Gasteiger partial charge in [-0.05, 0) is 54.7 Å². The number of benzene rings is 2. The predicted molar refractivity (Wildman–Crippen MR) is 96.6 cm³/mol. The van der Waals surface area contributed by atoms with Crippen molar-refractivity contribution in [3.05, 3.63) is 75.1 Å². The van der Waals surface area contributed by atoms with Crippen LogP contribution in [0.4, 0.5) is 0 Å². The van der Waals surface area contributed by atoms with Crippen molar-refractivity contribution < 1.29 is 18.7 Å². The molecule has 0 bridgehead atoms. The molecule has 0 saturated carbocycles. The highest BCUT2D eigenvalue weighted by molar-refractivity contribution is 5.90. The van der Waals surface area contributed by atoms with E-state index in [9.17, 15) is 9.59 Å². The van der Waals surface area contributed by atoms with Gasteiger partial charge < -0.3 is 13.9 Å². The van der Waals surface area contributed by atoms with Gasteiger partial charge in [-0.1, -0.05) is 6.07 Å². The number of aryl methyl sites for hydroxylation is 2. The molecule has 1 aliphatic rings. The molecular weight excluding hydrogens is 332 g/mol. The summed E-state index contributed by atoms with van der Waals surface area (Å²) >= 11 is 0. The molecule has 26 heavy (non-hydrogen) atoms. The van der Waals surface area contributed by atoms with Gasteiger partial charge >= 0.3 is 11.6 Å². The molecule has 5 heteroatoms. The monoisotopic (exact) mass is 350 g/mol. The lowest BCUT2D eigenvalue weighted by Gasteiger charge is -2.09. The second-order valence-electron chi connectivity index (χ2n) is 6.37. The van der Waals surface area contributed by atoms with Crippen LogP contribution in [0.1, 0.15) is 33.5 Å². The maximum Gasteiger partial charge on any atom is 0.338 e. The molecule has 0 N–H and O–H groups in total. The summed E-state index contributed by atoms with van der Waals surface area (Å²) in [5.41, 5.74) is 3.59. The zero-order chi connectivity index (χ0) is 18.1. The highest BCUT2D eigenvalue weighted by atomic mass is 16.5. The second-order valence-corrected chi connectivity index (χ2v) is 6.37. The predicted octanol–water partition coefficient (Wildman–Crippen LogP) is 3.65. The molecule has 5 nitrogen and oxygen atoms in total. The molecule has 0 spiro atoms. The molecule has 2 aromatic carbocycles. The molecular formula is C21H18O5. The van der Waals surface area contributed by atoms with Crippen molar-refractivity contribution in [1.29, 1.82) is 0 Å². The van der Waals surface area contributed by atoms with Crippen LogP contribution in [0.3, 0.4) is 0 Å². The van der Waals surface area contributed by atoms with Gasteiger partial charge in [-0.15, -0.1) is 0 Å². The first-order valence-corrected chi connectivity index (χ1v) is 8.54. The van der Waals surface area contributed by atoms with Gasteiger partial charge in [0.1, 0.15) is 17.9 Å². The van der Waals surface area contributed by atoms with Crippen molar-refractivity contribution >= 4 is 16.9 Å². The van der Waals surface area contributed by atoms with E-state index in [-0.39, 0.29) is 6.61 Å². The summed E-state index contributed by atoms with van der Waals surface area (Å²) in [4.78, 5) is 24.2. The number of carbonyl (C=O) groups excluding carboxylic acids is 1. The molecule has 0 amide bonds. The summed E-state index contributed by atoms with van der Waals surface area (Å²) in [7, 11) is 1.54. The number of carbonyl (C=O) groups is 1. The van der Waals surface area contributed by atoms with Gasteiger partial charge in [-0.25, -0.2) is 9.59 Å². The maximum absolute atomic E-state index is 12.4. The number of fused-ring (bicyclic) bond motifs is 2. The van der Waals surface area contributed by atoms with Crippen LogP contribution in [0, 0.1) is 0 Å². The van der Waals surface area contributed by atoms with Crippen LogP contribution in [-0.2, 0) is 24.2 Å². The molecule has 1 heterocycles. The maximum atomic E-state index is 12.4. The Labute approximate surface area is 150 Å². The van der Waals surface area contributed by atoms with Crippen molar-refractivity contribution in [1.82, 2.24) is 0 Å². The van der Waals surface area contributed by atoms with Gasteiger partial charge in [0, 0.05) is 23.1 Å². The van der Waals surface area contributed by atoms with E-state index >= 15 is 0 Å². The van der Waals surface area contributed by atoms with Gasteiger partial charge in [0.05, 0.1) is 12.7 Å². The first kappa shape index (κ1) is 16.4. The van der Waals surface area contributed by atoms with Crippen LogP contribution in [-0.4, -0.2) is 13.1 Å². The number of methoxy groups -OCH3 is 1. The molecule has 3 aromatic rings. The standard InChI is InChI=1S/C21H18O5/c1-24-17-7-8-18-16(10-20(22)26-19(18)11-17)12-25-21(23)15-6-5-13-3-2-4-14(13)9-15/h5-11H,2-4,12H2,1H3. The van der Waals surface area contributed by atoms with Crippen molar-refractivity contribution in [2.45, 2.75) is 25.9 Å². The summed E-state index contributed by atoms with van der Waals surface area (Å²) in [6.45, 7) is 0.00431. The lowest BCUT2D eigenvalue weighted by Crippen LogP contribution is -2.08. The average molecular weight is 350 g/mol. The molecule has 0 radical (unpaired) electrons. The van der Waals surface area contributed by atoms with Crippen molar-refractivity contribution in [2.24, 2.45) is 0 Å². The molecule has 4 rings (SSSR count). The topological polar surface area (TPSA) is 65.7 Å². The molecule has 0 unspecified atom stereocenters. The third kappa shape index (κ3) is 3.08. The fourth-order valence-corrected chi connectivity index (χ4v) is 3.38. The van der Waals surface area contributed by atoms with Crippen molar-refractivity contribution in [2.75, 3.05) is 7.11 Å². The number of esters is 1. The fourth-order valence-electron chi connectivity index (χ4n) is 3.38. The third-order valence-electron chi connectivity index (χ3n) is 4.73. The quantitative estimate of drug-likeness (QED) is 0.531. The minimum Gasteiger partial charge on any atom is -0.497 e. The normalized spacial score (nSPS) is 12.8. The fraction of sp³-hybridized carbons (Fsp3) is 0.238. The largest absolute Gasteiger partial charge is 0.497 e. The average Bonchev–Trinajstić information content (AvgIpc) is 3.12. The van der Waals surface area contributed by atoms with Crippen molar-refractivity contribution in [3.8, 4) is 5.75 Å². The first-order chi connectivity index (χ1) is 12.6. The van der Waals surface area contributed by atoms with Crippen molar-refractivity contribution in [3.63, 3.8) is 0 Å². The lowest BCUT2D eigenvalue weighted by atomic mass is 10.1. The number of rotatable bonds is 4. The molecule has 132 valence electrons. The smallest absolute Gasteiger partial charge is 0.338 e. The Morgan fingerprint density at radius 3 is 2.77 bits per heavy atom. The Balaban J connectivity index is 1.57. The number of ether oxygens (including phenoxy) is 2. The Morgan fingerprint density at radius 2 is 1.92 bits per heavy atom. The highest BCUT2D eigenvalue weighted by Crippen LogP contribution is 2.25. The Bertz CT molecular complexity index is 1050. The van der Waals surface area contributed by atoms with E-state index in [0.717, 1.165) is 19.3 Å². The molecule has 0 aliphatic heterocycles. The molecule has 0 fully saturated rings. The van der Waals surface area contributed by atoms with Gasteiger partial charge in [-0.3, -0.25) is 0 Å². The Hall–Kier alpha value is -3.08. The minimum absolute atomic E-state index is 0.00431. The van der Waals surface area contributed by atoms with Crippen LogP contribution >= 0.6 is 0 Å². The van der Waals surface area contributed by atoms with E-state index in [0.29, 0.717) is 27.8 Å². The summed E-state index contributed by atoms with van der Waals surface area (Å²) in [6.07, 6.45) is 3.20. The van der Waals surface area contributed by atoms with E-state index < -0.39 is 11.6 Å². The van der Waals surface area contributed by atoms with Gasteiger partial charge in [0.25, 0.3) is 0 Å². The van der Waals surface area contributed by atoms with Gasteiger partial charge in [-0.2, -0.15) is 0 Å². The first-order valence-electron chi connectivity index (χ1n) is 8.54. The second kappa shape index (κ2) is 6.67.